The molecule has 0 radical (unpaired) electrons. The summed E-state index contributed by atoms with van der Waals surface area (Å²) in [6.45, 7) is 17.1. The third-order valence-corrected chi connectivity index (χ3v) is 4.61. The van der Waals surface area contributed by atoms with Crippen LogP contribution in [0.2, 0.25) is 0 Å². The largest absolute Gasteiger partial charge is 0.379 e. The van der Waals surface area contributed by atoms with Gasteiger partial charge in [-0.25, -0.2) is 0 Å². The van der Waals surface area contributed by atoms with E-state index in [0.29, 0.717) is 5.92 Å². The minimum Gasteiger partial charge on any atom is -0.379 e. The van der Waals surface area contributed by atoms with Crippen molar-refractivity contribution in [2.75, 3.05) is 26.7 Å². The molecular formula is C17H36NO+. The standard InChI is InChI=1S/C17H36NO/c1-8-18(9-2,10-3)15-13-16(4)12-11-14-17(5,6)19-7/h13,15-16H,8-12,14H2,1-7H3/q+1/b15-13+. The van der Waals surface area contributed by atoms with Crippen molar-refractivity contribution in [2.45, 2.75) is 66.4 Å². The van der Waals surface area contributed by atoms with Gasteiger partial charge in [-0.15, -0.1) is 0 Å². The molecule has 0 amide bonds. The molecule has 0 aromatic heterocycles. The first-order valence-corrected chi connectivity index (χ1v) is 7.95. The van der Waals surface area contributed by atoms with Crippen LogP contribution in [0.25, 0.3) is 0 Å². The normalized spacial score (nSPS) is 15.1. The quantitative estimate of drug-likeness (QED) is 0.527. The molecule has 0 aliphatic heterocycles. The molecule has 0 heterocycles. The Morgan fingerprint density at radius 3 is 2.05 bits per heavy atom. The molecule has 0 saturated heterocycles. The lowest BCUT2D eigenvalue weighted by Crippen LogP contribution is -2.42. The summed E-state index contributed by atoms with van der Waals surface area (Å²) in [6, 6.07) is 0. The fourth-order valence-electron chi connectivity index (χ4n) is 2.36. The van der Waals surface area contributed by atoms with Gasteiger partial charge >= 0.3 is 0 Å². The highest BCUT2D eigenvalue weighted by Crippen LogP contribution is 2.20. The molecule has 0 rings (SSSR count). The van der Waals surface area contributed by atoms with Gasteiger partial charge in [-0.2, -0.15) is 0 Å². The molecule has 0 fully saturated rings. The zero-order chi connectivity index (χ0) is 14.9. The number of allylic oxidation sites excluding steroid dienone is 1. The van der Waals surface area contributed by atoms with Crippen LogP contribution < -0.4 is 0 Å². The first-order valence-electron chi connectivity index (χ1n) is 7.95. The number of rotatable bonds is 10. The van der Waals surface area contributed by atoms with Crippen LogP contribution in [0.15, 0.2) is 12.3 Å². The summed E-state index contributed by atoms with van der Waals surface area (Å²) in [5.41, 5.74) is 0.0273. The Balaban J connectivity index is 4.20. The number of hydrogen-bond acceptors (Lipinski definition) is 1. The summed E-state index contributed by atoms with van der Waals surface area (Å²) in [5.74, 6) is 0.662. The highest BCUT2D eigenvalue weighted by molar-refractivity contribution is 4.82. The van der Waals surface area contributed by atoms with Gasteiger partial charge in [0.05, 0.1) is 31.4 Å². The van der Waals surface area contributed by atoms with Crippen LogP contribution in [-0.2, 0) is 4.74 Å². The van der Waals surface area contributed by atoms with Crippen molar-refractivity contribution in [3.8, 4) is 0 Å². The van der Waals surface area contributed by atoms with Crippen LogP contribution in [0.4, 0.5) is 0 Å². The van der Waals surface area contributed by atoms with E-state index in [2.05, 4.69) is 53.8 Å². The molecule has 0 bridgehead atoms. The first kappa shape index (κ1) is 18.7. The van der Waals surface area contributed by atoms with E-state index >= 15 is 0 Å². The average molecular weight is 270 g/mol. The van der Waals surface area contributed by atoms with Crippen molar-refractivity contribution in [1.82, 2.24) is 0 Å². The summed E-state index contributed by atoms with van der Waals surface area (Å²) in [6.07, 6.45) is 8.45. The van der Waals surface area contributed by atoms with E-state index in [9.17, 15) is 0 Å². The summed E-state index contributed by atoms with van der Waals surface area (Å²) in [4.78, 5) is 0. The van der Waals surface area contributed by atoms with Gasteiger partial charge in [-0.1, -0.05) is 13.3 Å². The molecule has 0 saturated carbocycles. The van der Waals surface area contributed by atoms with Crippen LogP contribution in [0, 0.1) is 5.92 Å². The van der Waals surface area contributed by atoms with Crippen LogP contribution >= 0.6 is 0 Å². The van der Waals surface area contributed by atoms with Crippen LogP contribution in [0.3, 0.4) is 0 Å². The fourth-order valence-corrected chi connectivity index (χ4v) is 2.36. The molecule has 19 heavy (non-hydrogen) atoms. The third-order valence-electron chi connectivity index (χ3n) is 4.61. The maximum absolute atomic E-state index is 5.46. The van der Waals surface area contributed by atoms with Gasteiger partial charge in [-0.05, 0) is 59.5 Å². The third kappa shape index (κ3) is 7.12. The lowest BCUT2D eigenvalue weighted by Gasteiger charge is -2.31. The van der Waals surface area contributed by atoms with Gasteiger partial charge in [0.2, 0.25) is 0 Å². The zero-order valence-corrected chi connectivity index (χ0v) is 14.3. The van der Waals surface area contributed by atoms with Gasteiger partial charge < -0.3 is 4.74 Å². The number of quaternary nitrogens is 1. The summed E-state index contributed by atoms with van der Waals surface area (Å²) < 4.78 is 6.57. The number of nitrogens with zero attached hydrogens (tertiary/aromatic N) is 1. The molecule has 0 N–H and O–H groups in total. The smallest absolute Gasteiger partial charge is 0.0920 e. The average Bonchev–Trinajstić information content (AvgIpc) is 2.41. The zero-order valence-electron chi connectivity index (χ0n) is 14.3. The van der Waals surface area contributed by atoms with E-state index < -0.39 is 0 Å². The molecule has 0 spiro atoms. The van der Waals surface area contributed by atoms with E-state index in [4.69, 9.17) is 4.74 Å². The molecule has 0 aliphatic rings. The van der Waals surface area contributed by atoms with Crippen LogP contribution in [-0.4, -0.2) is 36.8 Å². The number of hydrogen-bond donors (Lipinski definition) is 0. The van der Waals surface area contributed by atoms with Gasteiger partial charge in [0, 0.05) is 7.11 Å². The Morgan fingerprint density at radius 1 is 1.11 bits per heavy atom. The SMILES string of the molecule is CC[N+](/C=C/C(C)CCCC(C)(C)OC)(CC)CC. The van der Waals surface area contributed by atoms with Crippen molar-refractivity contribution >= 4 is 0 Å². The molecule has 1 atom stereocenters. The van der Waals surface area contributed by atoms with E-state index in [-0.39, 0.29) is 5.60 Å². The van der Waals surface area contributed by atoms with Crippen LogP contribution in [0.1, 0.15) is 60.8 Å². The van der Waals surface area contributed by atoms with E-state index in [1.807, 2.05) is 0 Å². The Kier molecular flexibility index (Phi) is 8.60. The summed E-state index contributed by atoms with van der Waals surface area (Å²) in [5, 5.41) is 0. The van der Waals surface area contributed by atoms with E-state index in [1.54, 1.807) is 7.11 Å². The lowest BCUT2D eigenvalue weighted by atomic mass is 9.96. The predicted octanol–water partition coefficient (Wildman–Crippen LogP) is 4.61. The minimum atomic E-state index is 0.0273. The Morgan fingerprint density at radius 2 is 1.63 bits per heavy atom. The maximum atomic E-state index is 5.46. The van der Waals surface area contributed by atoms with Crippen molar-refractivity contribution in [3.05, 3.63) is 12.3 Å². The first-order chi connectivity index (χ1) is 8.84. The second kappa shape index (κ2) is 8.76. The van der Waals surface area contributed by atoms with E-state index in [0.717, 1.165) is 10.9 Å². The lowest BCUT2D eigenvalue weighted by molar-refractivity contribution is -0.874. The number of ether oxygens (including phenoxy) is 1. The van der Waals surface area contributed by atoms with Gasteiger partial charge in [0.15, 0.2) is 0 Å². The topological polar surface area (TPSA) is 9.23 Å². The Hall–Kier alpha value is -0.340. The Bertz CT molecular complexity index is 246. The molecular weight excluding hydrogens is 234 g/mol. The van der Waals surface area contributed by atoms with Crippen molar-refractivity contribution in [1.29, 1.82) is 0 Å². The molecule has 2 heteroatoms. The van der Waals surface area contributed by atoms with Crippen LogP contribution in [0.5, 0.6) is 0 Å². The van der Waals surface area contributed by atoms with Crippen molar-refractivity contribution in [2.24, 2.45) is 5.92 Å². The van der Waals surface area contributed by atoms with Crippen molar-refractivity contribution < 1.29 is 9.22 Å². The highest BCUT2D eigenvalue weighted by Gasteiger charge is 2.18. The van der Waals surface area contributed by atoms with E-state index in [1.165, 1.54) is 32.5 Å². The summed E-state index contributed by atoms with van der Waals surface area (Å²) in [7, 11) is 1.80. The highest BCUT2D eigenvalue weighted by atomic mass is 16.5. The number of methoxy groups -OCH3 is 1. The molecule has 0 aliphatic carbocycles. The minimum absolute atomic E-state index is 0.0273. The van der Waals surface area contributed by atoms with Gasteiger partial charge in [0.25, 0.3) is 0 Å². The molecule has 114 valence electrons. The fraction of sp³-hybridized carbons (Fsp3) is 0.882. The van der Waals surface area contributed by atoms with Gasteiger partial charge in [-0.3, -0.25) is 4.48 Å². The Labute approximate surface area is 121 Å². The van der Waals surface area contributed by atoms with Gasteiger partial charge in [0.1, 0.15) is 0 Å². The molecule has 0 aromatic carbocycles. The molecule has 1 unspecified atom stereocenters. The van der Waals surface area contributed by atoms with Crippen molar-refractivity contribution in [3.63, 3.8) is 0 Å². The summed E-state index contributed by atoms with van der Waals surface area (Å²) >= 11 is 0. The maximum Gasteiger partial charge on any atom is 0.0920 e. The molecule has 0 aromatic rings. The second-order valence-electron chi connectivity index (χ2n) is 6.34. The second-order valence-corrected chi connectivity index (χ2v) is 6.34. The predicted molar refractivity (Wildman–Crippen MR) is 85.1 cm³/mol. The monoisotopic (exact) mass is 270 g/mol. The molecule has 2 nitrogen and oxygen atoms in total.